The number of pyridine rings is 1. The summed E-state index contributed by atoms with van der Waals surface area (Å²) in [4.78, 5) is 16.0. The Hall–Kier alpha value is -2.12. The molecule has 0 aliphatic carbocycles. The number of rotatable bonds is 7. The van der Waals surface area contributed by atoms with Crippen LogP contribution in [0, 0.1) is 0 Å². The number of nitrogens with zero attached hydrogens (tertiary/aromatic N) is 2. The number of hydrogen-bond acceptors (Lipinski definition) is 5. The summed E-state index contributed by atoms with van der Waals surface area (Å²) in [5.41, 5.74) is 0.500. The quantitative estimate of drug-likeness (QED) is 0.389. The Bertz CT molecular complexity index is 1040. The van der Waals surface area contributed by atoms with Gasteiger partial charge in [-0.25, -0.2) is 0 Å². The van der Waals surface area contributed by atoms with Gasteiger partial charge >= 0.3 is 170 Å². The molecule has 1 amide bonds. The first-order chi connectivity index (χ1) is 13.5. The standard InChI is InChI=1S/C17H15F2IN3O4S/c18-10-23(11-19)28(25,26)14-2-1-13(20-5-3-14)8-22-17(24)15-7-12-4-6-21-9-16(12)27-15/h1-7,9H,8,10-11H2,(H,22,24)/q-1. The Morgan fingerprint density at radius 1 is 1.29 bits per heavy atom. The van der Waals surface area contributed by atoms with Crippen LogP contribution in [0.2, 0.25) is 0 Å². The predicted octanol–water partition coefficient (Wildman–Crippen LogP) is -0.572. The Morgan fingerprint density at radius 2 is 2.07 bits per heavy atom. The first-order valence-electron chi connectivity index (χ1n) is 7.90. The molecule has 0 fully saturated rings. The topological polar surface area (TPSA) is 92.5 Å². The van der Waals surface area contributed by atoms with Gasteiger partial charge in [0.1, 0.15) is 0 Å². The van der Waals surface area contributed by atoms with Crippen LogP contribution in [0.4, 0.5) is 8.78 Å². The summed E-state index contributed by atoms with van der Waals surface area (Å²) in [7, 11) is -4.24. The summed E-state index contributed by atoms with van der Waals surface area (Å²) in [6.07, 6.45) is 7.28. The Labute approximate surface area is 170 Å². The number of halogens is 3. The van der Waals surface area contributed by atoms with Gasteiger partial charge in [-0.3, -0.25) is 0 Å². The van der Waals surface area contributed by atoms with Crippen molar-refractivity contribution < 1.29 is 47.6 Å². The van der Waals surface area contributed by atoms with Crippen molar-refractivity contribution >= 4 is 26.9 Å². The van der Waals surface area contributed by atoms with Gasteiger partial charge in [0, 0.05) is 0 Å². The molecule has 0 aromatic carbocycles. The van der Waals surface area contributed by atoms with E-state index in [9.17, 15) is 22.0 Å². The third-order valence-electron chi connectivity index (χ3n) is 3.73. The summed E-state index contributed by atoms with van der Waals surface area (Å²) < 4.78 is 57.8. The summed E-state index contributed by atoms with van der Waals surface area (Å²) in [5, 5.41) is 3.48. The van der Waals surface area contributed by atoms with Crippen LogP contribution in [-0.2, 0) is 10.0 Å². The van der Waals surface area contributed by atoms with Crippen molar-refractivity contribution in [1.82, 2.24) is 14.6 Å². The molecule has 1 aliphatic heterocycles. The Morgan fingerprint density at radius 3 is 2.79 bits per heavy atom. The molecule has 0 unspecified atom stereocenters. The maximum atomic E-state index is 12.7. The molecule has 2 aromatic heterocycles. The molecule has 28 heavy (non-hydrogen) atoms. The molecule has 0 spiro atoms. The second-order valence-corrected chi connectivity index (χ2v) is 10.2. The van der Waals surface area contributed by atoms with Gasteiger partial charge < -0.3 is 0 Å². The van der Waals surface area contributed by atoms with Crippen molar-refractivity contribution in [3.63, 3.8) is 0 Å². The molecule has 0 atom stereocenters. The zero-order valence-electron chi connectivity index (χ0n) is 14.3. The predicted molar refractivity (Wildman–Crippen MR) is 94.4 cm³/mol. The van der Waals surface area contributed by atoms with E-state index in [4.69, 9.17) is 4.42 Å². The minimum atomic E-state index is -4.24. The van der Waals surface area contributed by atoms with Crippen LogP contribution < -0.4 is 26.5 Å². The van der Waals surface area contributed by atoms with Crippen molar-refractivity contribution in [2.75, 3.05) is 20.1 Å². The van der Waals surface area contributed by atoms with Crippen LogP contribution in [0.5, 0.6) is 0 Å². The molecular formula is C17H15F2IN3O4S-. The number of carbonyl (C=O) groups is 1. The zero-order chi connectivity index (χ0) is 20.1. The molecule has 2 aromatic rings. The van der Waals surface area contributed by atoms with Crippen molar-refractivity contribution in [3.05, 3.63) is 61.1 Å². The summed E-state index contributed by atoms with van der Waals surface area (Å²) in [6, 6.07) is 3.33. The van der Waals surface area contributed by atoms with Crippen molar-refractivity contribution in [2.45, 2.75) is 0 Å². The van der Waals surface area contributed by atoms with E-state index in [2.05, 4.69) is 10.3 Å². The van der Waals surface area contributed by atoms with Crippen molar-refractivity contribution in [3.8, 4) is 0 Å². The first-order valence-corrected chi connectivity index (χ1v) is 11.7. The number of carbonyl (C=O) groups excluding carboxylic acids is 1. The molecule has 7 nitrogen and oxygen atoms in total. The average Bonchev–Trinajstić information content (AvgIpc) is 2.97. The van der Waals surface area contributed by atoms with E-state index in [1.165, 1.54) is 18.3 Å². The van der Waals surface area contributed by atoms with Gasteiger partial charge in [0.25, 0.3) is 0 Å². The fourth-order valence-corrected chi connectivity index (χ4v) is 5.37. The van der Waals surface area contributed by atoms with E-state index >= 15 is 0 Å². The Kier molecular flexibility index (Phi) is 6.57. The number of fused-ring (bicyclic) bond motifs is 1. The van der Waals surface area contributed by atoms with Crippen molar-refractivity contribution in [2.24, 2.45) is 0 Å². The number of nitrogens with one attached hydrogen (secondary N) is 1. The van der Waals surface area contributed by atoms with E-state index < -0.39 is 50.7 Å². The molecule has 0 saturated carbocycles. The molecule has 11 heteroatoms. The van der Waals surface area contributed by atoms with E-state index in [0.717, 1.165) is 8.97 Å². The van der Waals surface area contributed by atoms with Crippen LogP contribution in [0.1, 0.15) is 10.6 Å². The third-order valence-corrected chi connectivity index (χ3v) is 7.73. The number of sulfonamides is 1. The van der Waals surface area contributed by atoms with Crippen LogP contribution in [0.15, 0.2) is 59.7 Å². The van der Waals surface area contributed by atoms with Gasteiger partial charge in [0.15, 0.2) is 0 Å². The van der Waals surface area contributed by atoms with E-state index in [0.29, 0.717) is 5.58 Å². The summed E-state index contributed by atoms with van der Waals surface area (Å²) in [5.74, 6) is -0.265. The van der Waals surface area contributed by atoms with Crippen LogP contribution in [0.25, 0.3) is 11.0 Å². The van der Waals surface area contributed by atoms with E-state index in [-0.39, 0.29) is 21.5 Å². The van der Waals surface area contributed by atoms with Gasteiger partial charge in [-0.15, -0.1) is 0 Å². The number of furan rings is 1. The minimum absolute atomic E-state index is 0.0958. The second-order valence-electron chi connectivity index (χ2n) is 5.49. The van der Waals surface area contributed by atoms with E-state index in [1.54, 1.807) is 28.5 Å². The molecule has 0 radical (unpaired) electrons. The van der Waals surface area contributed by atoms with Gasteiger partial charge in [-0.05, 0) is 0 Å². The van der Waals surface area contributed by atoms with Gasteiger partial charge in [-0.1, -0.05) is 0 Å². The molecule has 1 N–H and O–H groups in total. The molecule has 3 rings (SSSR count). The fraction of sp³-hybridized carbons (Fsp3) is 0.176. The van der Waals surface area contributed by atoms with Crippen LogP contribution in [0.3, 0.4) is 0 Å². The number of aromatic nitrogens is 1. The average molecular weight is 522 g/mol. The number of alkyl halides is 2. The monoisotopic (exact) mass is 522 g/mol. The van der Waals surface area contributed by atoms with Gasteiger partial charge in [0.05, 0.1) is 0 Å². The summed E-state index contributed by atoms with van der Waals surface area (Å²) in [6.45, 7) is -2.69. The maximum absolute atomic E-state index is 12.7. The van der Waals surface area contributed by atoms with Gasteiger partial charge in [0.2, 0.25) is 0 Å². The molecular weight excluding hydrogens is 507 g/mol. The third kappa shape index (κ3) is 4.47. The molecule has 0 saturated heterocycles. The fourth-order valence-electron chi connectivity index (χ4n) is 2.27. The molecule has 1 aliphatic rings. The number of hydrogen-bond donors (Lipinski definition) is 1. The van der Waals surface area contributed by atoms with Crippen LogP contribution >= 0.6 is 0 Å². The first kappa shape index (κ1) is 20.6. The number of amides is 1. The normalized spacial score (nSPS) is 15.0. The Balaban J connectivity index is 1.69. The van der Waals surface area contributed by atoms with E-state index in [1.807, 2.05) is 0 Å². The SMILES string of the molecule is O=C(NCC1=CC=C(S(=O)(=O)N(CF)CF)C=C[I-]1)c1cc2ccncc2o1. The molecule has 3 heterocycles. The molecule has 0 bridgehead atoms. The second kappa shape index (κ2) is 8.92. The number of allylic oxidation sites excluding steroid dienone is 3. The zero-order valence-corrected chi connectivity index (χ0v) is 17.3. The molecule has 150 valence electrons. The van der Waals surface area contributed by atoms with Crippen LogP contribution in [-0.4, -0.2) is 43.8 Å². The summed E-state index contributed by atoms with van der Waals surface area (Å²) >= 11 is -0.702. The van der Waals surface area contributed by atoms with Crippen molar-refractivity contribution in [1.29, 1.82) is 0 Å². The van der Waals surface area contributed by atoms with Gasteiger partial charge in [-0.2, -0.15) is 0 Å².